The smallest absolute Gasteiger partial charge is 0.335 e. The number of rotatable bonds is 2. The van der Waals surface area contributed by atoms with Gasteiger partial charge in [0.05, 0.1) is 16.8 Å². The first-order valence-electron chi connectivity index (χ1n) is 7.08. The zero-order valence-electron chi connectivity index (χ0n) is 12.2. The molecule has 2 aromatic rings. The van der Waals surface area contributed by atoms with E-state index >= 15 is 0 Å². The van der Waals surface area contributed by atoms with Crippen molar-refractivity contribution in [2.75, 3.05) is 0 Å². The van der Waals surface area contributed by atoms with Crippen molar-refractivity contribution >= 4 is 28.5 Å². The summed E-state index contributed by atoms with van der Waals surface area (Å²) in [6.45, 7) is 0. The largest absolute Gasteiger partial charge is 0.478 e. The number of nitrogens with one attached hydrogen (secondary N) is 1. The van der Waals surface area contributed by atoms with Crippen LogP contribution in [0.4, 0.5) is 0 Å². The summed E-state index contributed by atoms with van der Waals surface area (Å²) in [6, 6.07) is 11.3. The number of carboxylic acids is 1. The first kappa shape index (κ1) is 14.5. The Morgan fingerprint density at radius 3 is 2.62 bits per heavy atom. The van der Waals surface area contributed by atoms with Gasteiger partial charge in [-0.3, -0.25) is 4.79 Å². The normalized spacial score (nSPS) is 11.2. The third kappa shape index (κ3) is 2.16. The SMILES string of the molecule is O=C(O)c1ccc(-n2nc3c4cc(Cl)ccc4[nH]cc-3c2=O)cc1. The molecule has 7 heteroatoms. The minimum atomic E-state index is -1.02. The van der Waals surface area contributed by atoms with E-state index in [1.807, 2.05) is 6.07 Å². The third-order valence-electron chi connectivity index (χ3n) is 3.85. The van der Waals surface area contributed by atoms with Gasteiger partial charge in [0.2, 0.25) is 0 Å². The summed E-state index contributed by atoms with van der Waals surface area (Å²) in [7, 11) is 0. The number of aromatic carboxylic acids is 1. The van der Waals surface area contributed by atoms with Crippen molar-refractivity contribution < 1.29 is 9.90 Å². The van der Waals surface area contributed by atoms with Crippen LogP contribution in [0.5, 0.6) is 0 Å². The molecule has 0 aromatic heterocycles. The van der Waals surface area contributed by atoms with E-state index < -0.39 is 5.97 Å². The molecule has 4 rings (SSSR count). The number of halogens is 1. The van der Waals surface area contributed by atoms with Gasteiger partial charge < -0.3 is 10.1 Å². The van der Waals surface area contributed by atoms with Crippen LogP contribution >= 0.6 is 11.6 Å². The number of hydrogen-bond acceptors (Lipinski definition) is 3. The van der Waals surface area contributed by atoms with Gasteiger partial charge in [-0.25, -0.2) is 4.79 Å². The highest BCUT2D eigenvalue weighted by molar-refractivity contribution is 6.31. The standard InChI is InChI=1S/C17H10ClN3O3/c18-10-3-6-14-12(7-10)15-13(8-19-14)16(22)21(20-15)11-4-1-9(2-5-11)17(23)24/h1-8,19H,(H,23,24). The van der Waals surface area contributed by atoms with Gasteiger partial charge >= 0.3 is 5.97 Å². The van der Waals surface area contributed by atoms with Crippen molar-refractivity contribution in [3.63, 3.8) is 0 Å². The molecule has 6 nitrogen and oxygen atoms in total. The number of aromatic nitrogens is 3. The molecule has 0 fully saturated rings. The molecule has 0 spiro atoms. The molecule has 0 unspecified atom stereocenters. The van der Waals surface area contributed by atoms with Crippen molar-refractivity contribution in [1.29, 1.82) is 0 Å². The van der Waals surface area contributed by atoms with Crippen LogP contribution in [-0.2, 0) is 0 Å². The minimum absolute atomic E-state index is 0.147. The van der Waals surface area contributed by atoms with Crippen molar-refractivity contribution in [3.05, 3.63) is 69.6 Å². The molecule has 0 amide bonds. The zero-order chi connectivity index (χ0) is 16.8. The Bertz CT molecular complexity index is 1110. The van der Waals surface area contributed by atoms with Gasteiger partial charge in [0.1, 0.15) is 5.69 Å². The summed E-state index contributed by atoms with van der Waals surface area (Å²) in [5, 5.41) is 14.7. The van der Waals surface area contributed by atoms with Crippen molar-refractivity contribution in [2.24, 2.45) is 0 Å². The molecule has 2 aromatic carbocycles. The Labute approximate surface area is 140 Å². The molecule has 0 radical (unpaired) electrons. The van der Waals surface area contributed by atoms with E-state index in [0.29, 0.717) is 22.0 Å². The van der Waals surface area contributed by atoms with Gasteiger partial charge in [-0.15, -0.1) is 0 Å². The van der Waals surface area contributed by atoms with E-state index in [4.69, 9.17) is 16.7 Å². The second-order valence-corrected chi connectivity index (χ2v) is 5.75. The number of H-pyrrole nitrogens is 1. The predicted octanol–water partition coefficient (Wildman–Crippen LogP) is 3.17. The molecule has 24 heavy (non-hydrogen) atoms. The van der Waals surface area contributed by atoms with Crippen LogP contribution < -0.4 is 5.56 Å². The number of fused-ring (bicyclic) bond motifs is 3. The fourth-order valence-electron chi connectivity index (χ4n) is 2.65. The Morgan fingerprint density at radius 1 is 1.17 bits per heavy atom. The van der Waals surface area contributed by atoms with E-state index in [1.165, 1.54) is 16.8 Å². The molecule has 0 aliphatic carbocycles. The number of carboxylic acid groups (broad SMARTS) is 1. The molecule has 2 N–H and O–H groups in total. The maximum Gasteiger partial charge on any atom is 0.335 e. The molecule has 2 heterocycles. The Morgan fingerprint density at radius 2 is 1.92 bits per heavy atom. The average molecular weight is 340 g/mol. The van der Waals surface area contributed by atoms with Crippen LogP contribution in [0.3, 0.4) is 0 Å². The summed E-state index contributed by atoms with van der Waals surface area (Å²) < 4.78 is 1.25. The highest BCUT2D eigenvalue weighted by Gasteiger charge is 2.19. The number of pyridine rings is 1. The lowest BCUT2D eigenvalue weighted by Crippen LogP contribution is -2.14. The van der Waals surface area contributed by atoms with Crippen LogP contribution in [0.2, 0.25) is 5.02 Å². The first-order chi connectivity index (χ1) is 11.5. The van der Waals surface area contributed by atoms with Crippen LogP contribution in [0, 0.1) is 0 Å². The van der Waals surface area contributed by atoms with Crippen LogP contribution in [0.25, 0.3) is 27.8 Å². The van der Waals surface area contributed by atoms with Gasteiger partial charge in [-0.1, -0.05) is 11.6 Å². The maximum absolute atomic E-state index is 12.6. The lowest BCUT2D eigenvalue weighted by molar-refractivity contribution is 0.0697. The molecular formula is C17H10ClN3O3. The highest BCUT2D eigenvalue weighted by atomic mass is 35.5. The van der Waals surface area contributed by atoms with Gasteiger partial charge in [0.25, 0.3) is 5.56 Å². The fraction of sp³-hybridized carbons (Fsp3) is 0. The summed E-state index contributed by atoms with van der Waals surface area (Å²) in [5.74, 6) is -1.02. The highest BCUT2D eigenvalue weighted by Crippen LogP contribution is 2.28. The van der Waals surface area contributed by atoms with Crippen molar-refractivity contribution in [1.82, 2.24) is 14.8 Å². The van der Waals surface area contributed by atoms with Crippen LogP contribution in [0.15, 0.2) is 53.5 Å². The number of aromatic amines is 1. The summed E-state index contributed by atoms with van der Waals surface area (Å²) in [6.07, 6.45) is 1.61. The number of carbonyl (C=O) groups is 1. The van der Waals surface area contributed by atoms with Gasteiger partial charge in [-0.05, 0) is 42.5 Å². The van der Waals surface area contributed by atoms with Gasteiger partial charge in [0, 0.05) is 22.1 Å². The van der Waals surface area contributed by atoms with E-state index in [1.54, 1.807) is 30.5 Å². The lowest BCUT2D eigenvalue weighted by Gasteiger charge is -2.02. The maximum atomic E-state index is 12.6. The molecular weight excluding hydrogens is 330 g/mol. The van der Waals surface area contributed by atoms with E-state index in [0.717, 1.165) is 10.9 Å². The molecule has 118 valence electrons. The molecule has 0 saturated heterocycles. The quantitative estimate of drug-likeness (QED) is 0.587. The minimum Gasteiger partial charge on any atom is -0.478 e. The lowest BCUT2D eigenvalue weighted by atomic mass is 10.1. The van der Waals surface area contributed by atoms with Crippen molar-refractivity contribution in [2.45, 2.75) is 0 Å². The summed E-state index contributed by atoms with van der Waals surface area (Å²) >= 11 is 6.05. The average Bonchev–Trinajstić information content (AvgIpc) is 2.92. The zero-order valence-corrected chi connectivity index (χ0v) is 12.9. The number of benzene rings is 2. The van der Waals surface area contributed by atoms with E-state index in [9.17, 15) is 9.59 Å². The predicted molar refractivity (Wildman–Crippen MR) is 90.3 cm³/mol. The molecule has 2 aliphatic rings. The number of hydrogen-bond donors (Lipinski definition) is 2. The summed E-state index contributed by atoms with van der Waals surface area (Å²) in [4.78, 5) is 26.6. The fourth-order valence-corrected chi connectivity index (χ4v) is 2.82. The monoisotopic (exact) mass is 339 g/mol. The molecule has 2 aliphatic heterocycles. The number of nitrogens with zero attached hydrogens (tertiary/aromatic N) is 2. The second-order valence-electron chi connectivity index (χ2n) is 5.31. The van der Waals surface area contributed by atoms with Gasteiger partial charge in [-0.2, -0.15) is 9.78 Å². The summed E-state index contributed by atoms with van der Waals surface area (Å²) in [5.41, 5.74) is 2.15. The van der Waals surface area contributed by atoms with E-state index in [2.05, 4.69) is 10.1 Å². The topological polar surface area (TPSA) is 88.0 Å². The second kappa shape index (κ2) is 5.21. The van der Waals surface area contributed by atoms with Crippen molar-refractivity contribution in [3.8, 4) is 16.9 Å². The van der Waals surface area contributed by atoms with Crippen LogP contribution in [-0.4, -0.2) is 25.8 Å². The molecule has 0 atom stereocenters. The Balaban J connectivity index is 1.96. The third-order valence-corrected chi connectivity index (χ3v) is 4.08. The first-order valence-corrected chi connectivity index (χ1v) is 7.46. The Kier molecular flexibility index (Phi) is 3.14. The Hall–Kier alpha value is -3.12. The molecule has 0 bridgehead atoms. The van der Waals surface area contributed by atoms with Crippen LogP contribution in [0.1, 0.15) is 10.4 Å². The van der Waals surface area contributed by atoms with E-state index in [-0.39, 0.29) is 11.1 Å². The van der Waals surface area contributed by atoms with Gasteiger partial charge in [0.15, 0.2) is 0 Å². The molecule has 0 saturated carbocycles.